The van der Waals surface area contributed by atoms with E-state index in [-0.39, 0.29) is 17.0 Å². The van der Waals surface area contributed by atoms with Gasteiger partial charge in [0.15, 0.2) is 11.5 Å². The molecule has 3 aromatic heterocycles. The first kappa shape index (κ1) is 19.5. The molecule has 0 aromatic carbocycles. The smallest absolute Gasteiger partial charge is 0.310 e. The van der Waals surface area contributed by atoms with Gasteiger partial charge >= 0.3 is 6.18 Å². The lowest BCUT2D eigenvalue weighted by atomic mass is 9.99. The highest BCUT2D eigenvalue weighted by molar-refractivity contribution is 7.85. The predicted molar refractivity (Wildman–Crippen MR) is 100 cm³/mol. The zero-order valence-corrected chi connectivity index (χ0v) is 16.4. The molecule has 0 bridgehead atoms. The first-order valence-electron chi connectivity index (χ1n) is 8.90. The minimum atomic E-state index is -4.52. The number of alkyl halides is 3. The molecule has 150 valence electrons. The Bertz CT molecular complexity index is 1190. The number of pyridine rings is 2. The Morgan fingerprint density at radius 1 is 1.28 bits per heavy atom. The van der Waals surface area contributed by atoms with Gasteiger partial charge in [-0.3, -0.25) is 9.19 Å². The normalized spacial score (nSPS) is 16.6. The molecule has 1 aliphatic rings. The van der Waals surface area contributed by atoms with Gasteiger partial charge in [-0.2, -0.15) is 18.4 Å². The molecule has 6 nitrogen and oxygen atoms in total. The van der Waals surface area contributed by atoms with E-state index in [1.54, 1.807) is 26.2 Å². The van der Waals surface area contributed by atoms with Gasteiger partial charge in [0.1, 0.15) is 11.2 Å². The number of fused-ring (bicyclic) bond motifs is 1. The van der Waals surface area contributed by atoms with E-state index < -0.39 is 28.0 Å². The molecule has 1 atom stereocenters. The second-order valence-electron chi connectivity index (χ2n) is 6.96. The summed E-state index contributed by atoms with van der Waals surface area (Å²) in [6.45, 7) is 1.76. The molecule has 0 unspecified atom stereocenters. The lowest BCUT2D eigenvalue weighted by Crippen LogP contribution is -2.09. The van der Waals surface area contributed by atoms with E-state index in [1.807, 2.05) is 0 Å². The van der Waals surface area contributed by atoms with Gasteiger partial charge in [0.25, 0.3) is 0 Å². The summed E-state index contributed by atoms with van der Waals surface area (Å²) < 4.78 is 53.2. The fraction of sp³-hybridized carbons (Fsp3) is 0.368. The van der Waals surface area contributed by atoms with Crippen molar-refractivity contribution in [2.45, 2.75) is 36.3 Å². The number of rotatable bonds is 4. The first-order valence-corrected chi connectivity index (χ1v) is 10.2. The Kier molecular flexibility index (Phi) is 4.46. The van der Waals surface area contributed by atoms with Gasteiger partial charge < -0.3 is 4.57 Å². The molecule has 0 spiro atoms. The lowest BCUT2D eigenvalue weighted by Gasteiger charge is -2.12. The Morgan fingerprint density at radius 2 is 2.00 bits per heavy atom. The van der Waals surface area contributed by atoms with Crippen LogP contribution in [0.15, 0.2) is 29.4 Å². The number of imidazole rings is 1. The summed E-state index contributed by atoms with van der Waals surface area (Å²) in [5, 5.41) is 9.44. The highest BCUT2D eigenvalue weighted by atomic mass is 32.2. The molecule has 1 saturated carbocycles. The maximum atomic E-state index is 13.0. The van der Waals surface area contributed by atoms with Gasteiger partial charge in [-0.15, -0.1) is 0 Å². The zero-order valence-electron chi connectivity index (χ0n) is 15.6. The Labute approximate surface area is 166 Å². The van der Waals surface area contributed by atoms with Crippen molar-refractivity contribution in [3.8, 4) is 17.6 Å². The Balaban J connectivity index is 1.90. The van der Waals surface area contributed by atoms with E-state index in [4.69, 9.17) is 0 Å². The Morgan fingerprint density at radius 3 is 2.59 bits per heavy atom. The third-order valence-corrected chi connectivity index (χ3v) is 6.45. The molecular formula is C19H16F3N5OS. The molecule has 3 aromatic rings. The molecule has 1 aliphatic carbocycles. The van der Waals surface area contributed by atoms with Crippen LogP contribution in [0.2, 0.25) is 0 Å². The summed E-state index contributed by atoms with van der Waals surface area (Å²) in [5.41, 5.74) is -0.114. The topological polar surface area (TPSA) is 84.5 Å². The van der Waals surface area contributed by atoms with Crippen LogP contribution in [-0.2, 0) is 29.4 Å². The van der Waals surface area contributed by atoms with E-state index in [2.05, 4.69) is 21.0 Å². The van der Waals surface area contributed by atoms with Crippen LogP contribution >= 0.6 is 0 Å². The average Bonchev–Trinajstić information content (AvgIpc) is 3.44. The summed E-state index contributed by atoms with van der Waals surface area (Å²) in [4.78, 5) is 13.0. The second kappa shape index (κ2) is 6.62. The molecule has 0 amide bonds. The van der Waals surface area contributed by atoms with Gasteiger partial charge in [0.2, 0.25) is 0 Å². The minimum Gasteiger partial charge on any atom is -0.310 e. The maximum Gasteiger partial charge on any atom is 0.417 e. The van der Waals surface area contributed by atoms with Crippen molar-refractivity contribution in [3.05, 3.63) is 35.7 Å². The molecule has 29 heavy (non-hydrogen) atoms. The van der Waals surface area contributed by atoms with Crippen molar-refractivity contribution >= 4 is 22.0 Å². The summed E-state index contributed by atoms with van der Waals surface area (Å²) in [6.07, 6.45) is -0.753. The number of hydrogen-bond donors (Lipinski definition) is 0. The van der Waals surface area contributed by atoms with Crippen LogP contribution in [0.3, 0.4) is 0 Å². The number of halogens is 3. The fourth-order valence-corrected chi connectivity index (χ4v) is 4.17. The number of nitrogens with zero attached hydrogens (tertiary/aromatic N) is 5. The van der Waals surface area contributed by atoms with Crippen LogP contribution < -0.4 is 0 Å². The van der Waals surface area contributed by atoms with E-state index >= 15 is 0 Å². The monoisotopic (exact) mass is 419 g/mol. The first-order chi connectivity index (χ1) is 13.7. The molecule has 3 heterocycles. The second-order valence-corrected chi connectivity index (χ2v) is 8.67. The highest BCUT2D eigenvalue weighted by Crippen LogP contribution is 2.48. The molecule has 0 aliphatic heterocycles. The summed E-state index contributed by atoms with van der Waals surface area (Å²) >= 11 is 0. The van der Waals surface area contributed by atoms with Gasteiger partial charge in [-0.1, -0.05) is 6.92 Å². The van der Waals surface area contributed by atoms with Gasteiger partial charge in [-0.25, -0.2) is 9.97 Å². The molecule has 0 radical (unpaired) electrons. The largest absolute Gasteiger partial charge is 0.417 e. The van der Waals surface area contributed by atoms with Crippen LogP contribution in [0.1, 0.15) is 30.9 Å². The molecule has 10 heteroatoms. The van der Waals surface area contributed by atoms with E-state index in [0.29, 0.717) is 21.9 Å². The molecule has 4 rings (SSSR count). The number of aryl methyl sites for hydroxylation is 1. The van der Waals surface area contributed by atoms with Crippen molar-refractivity contribution in [2.24, 2.45) is 7.05 Å². The van der Waals surface area contributed by atoms with Crippen LogP contribution in [0.25, 0.3) is 22.7 Å². The van der Waals surface area contributed by atoms with Crippen molar-refractivity contribution in [2.75, 3.05) is 5.75 Å². The molecular weight excluding hydrogens is 403 g/mol. The third-order valence-electron chi connectivity index (χ3n) is 5.12. The lowest BCUT2D eigenvalue weighted by molar-refractivity contribution is -0.137. The summed E-state index contributed by atoms with van der Waals surface area (Å²) in [5.74, 6) is 0.606. The molecule has 0 saturated heterocycles. The summed E-state index contributed by atoms with van der Waals surface area (Å²) in [6, 6.07) is 4.94. The standard InChI is InChI=1S/C19H16F3N5OS/c1-3-29(28)14-7-11(18(10-23)4-5-18)8-24-15(14)17-26-13-6-12(19(20,21)22)9-25-16(13)27(17)2/h6-9H,3-5H2,1-2H3/t29-/m1/s1. The maximum absolute atomic E-state index is 13.0. The fourth-order valence-electron chi connectivity index (χ4n) is 3.24. The quantitative estimate of drug-likeness (QED) is 0.643. The van der Waals surface area contributed by atoms with Crippen molar-refractivity contribution < 1.29 is 17.4 Å². The van der Waals surface area contributed by atoms with Crippen molar-refractivity contribution in [1.29, 1.82) is 5.26 Å². The summed E-state index contributed by atoms with van der Waals surface area (Å²) in [7, 11) is 0.226. The Hall–Kier alpha value is -2.80. The van der Waals surface area contributed by atoms with Crippen LogP contribution in [-0.4, -0.2) is 29.5 Å². The van der Waals surface area contributed by atoms with Crippen LogP contribution in [0, 0.1) is 11.3 Å². The zero-order chi connectivity index (χ0) is 21.0. The number of aromatic nitrogens is 4. The average molecular weight is 419 g/mol. The van der Waals surface area contributed by atoms with Gasteiger partial charge in [0, 0.05) is 25.2 Å². The number of nitriles is 1. The van der Waals surface area contributed by atoms with Crippen LogP contribution in [0.4, 0.5) is 13.2 Å². The minimum absolute atomic E-state index is 0.0760. The molecule has 1 fully saturated rings. The van der Waals surface area contributed by atoms with E-state index in [0.717, 1.165) is 25.1 Å². The van der Waals surface area contributed by atoms with Gasteiger partial charge in [0.05, 0.1) is 32.7 Å². The van der Waals surface area contributed by atoms with E-state index in [1.165, 1.54) is 4.57 Å². The third kappa shape index (κ3) is 3.19. The highest BCUT2D eigenvalue weighted by Gasteiger charge is 2.45. The predicted octanol–water partition coefficient (Wildman–Crippen LogP) is 3.73. The van der Waals surface area contributed by atoms with E-state index in [9.17, 15) is 22.6 Å². The number of hydrogen-bond acceptors (Lipinski definition) is 5. The SMILES string of the molecule is CC[S@@](=O)c1cc(C2(C#N)CC2)cnc1-c1nc2cc(C(F)(F)F)cnc2n1C. The van der Waals surface area contributed by atoms with Gasteiger partial charge in [-0.05, 0) is 30.5 Å². The van der Waals surface area contributed by atoms with Crippen molar-refractivity contribution in [3.63, 3.8) is 0 Å². The van der Waals surface area contributed by atoms with Crippen molar-refractivity contribution in [1.82, 2.24) is 19.5 Å². The van der Waals surface area contributed by atoms with Crippen LogP contribution in [0.5, 0.6) is 0 Å². The molecule has 0 N–H and O–H groups in total.